The number of aliphatic carboxylic acids is 1. The second kappa shape index (κ2) is 12.9. The molecule has 7 rings (SSSR count). The highest BCUT2D eigenvalue weighted by atomic mass is 16.6. The summed E-state index contributed by atoms with van der Waals surface area (Å²) in [5, 5.41) is 22.0. The van der Waals surface area contributed by atoms with E-state index in [9.17, 15) is 19.5 Å². The number of anilines is 1. The summed E-state index contributed by atoms with van der Waals surface area (Å²) < 4.78 is 20.8. The number of rotatable bonds is 8. The Morgan fingerprint density at radius 1 is 1.10 bits per heavy atom. The van der Waals surface area contributed by atoms with Crippen LogP contribution < -0.4 is 19.7 Å². The van der Waals surface area contributed by atoms with E-state index in [2.05, 4.69) is 20.4 Å². The molecule has 16 nitrogen and oxygen atoms in total. The number of carbonyl (C=O) groups is 3. The molecule has 1 saturated heterocycles. The van der Waals surface area contributed by atoms with Gasteiger partial charge in [-0.25, -0.2) is 19.0 Å². The van der Waals surface area contributed by atoms with E-state index in [1.165, 1.54) is 12.0 Å². The van der Waals surface area contributed by atoms with Crippen LogP contribution in [0.4, 0.5) is 10.5 Å². The third-order valence-corrected chi connectivity index (χ3v) is 8.64. The summed E-state index contributed by atoms with van der Waals surface area (Å²) in [6.07, 6.45) is 6.81. The Morgan fingerprint density at radius 3 is 2.70 bits per heavy atom. The van der Waals surface area contributed by atoms with Crippen molar-refractivity contribution in [2.75, 3.05) is 51.3 Å². The van der Waals surface area contributed by atoms with Crippen molar-refractivity contribution in [1.29, 1.82) is 0 Å². The van der Waals surface area contributed by atoms with Crippen molar-refractivity contribution in [3.8, 4) is 28.4 Å². The van der Waals surface area contributed by atoms with Crippen molar-refractivity contribution < 1.29 is 33.7 Å². The van der Waals surface area contributed by atoms with Gasteiger partial charge < -0.3 is 29.5 Å². The maximum absolute atomic E-state index is 13.7. The number of carbonyl (C=O) groups excluding carboxylic acids is 2. The molecule has 4 aromatic heterocycles. The largest absolute Gasteiger partial charge is 0.494 e. The van der Waals surface area contributed by atoms with Gasteiger partial charge in [0.05, 0.1) is 53.6 Å². The molecule has 2 N–H and O–H groups in total. The Morgan fingerprint density at radius 2 is 1.94 bits per heavy atom. The quantitative estimate of drug-likeness (QED) is 0.244. The summed E-state index contributed by atoms with van der Waals surface area (Å²) in [5.41, 5.74) is 2.80. The van der Waals surface area contributed by atoms with Gasteiger partial charge in [-0.1, -0.05) is 0 Å². The molecule has 2 amide bonds. The number of fused-ring (bicyclic) bond motifs is 3. The number of carboxylic acids is 1. The number of amides is 2. The van der Waals surface area contributed by atoms with Crippen LogP contribution in [0.25, 0.3) is 33.5 Å². The fourth-order valence-corrected chi connectivity index (χ4v) is 6.23. The molecule has 5 aromatic rings. The minimum Gasteiger partial charge on any atom is -0.494 e. The van der Waals surface area contributed by atoms with Gasteiger partial charge in [-0.2, -0.15) is 10.2 Å². The van der Waals surface area contributed by atoms with Crippen LogP contribution in [0.2, 0.25) is 0 Å². The van der Waals surface area contributed by atoms with E-state index < -0.39 is 29.5 Å². The van der Waals surface area contributed by atoms with Gasteiger partial charge in [-0.05, 0) is 45.9 Å². The van der Waals surface area contributed by atoms with E-state index in [0.717, 1.165) is 0 Å². The molecule has 16 heteroatoms. The molecule has 2 aliphatic rings. The number of ether oxygens (including phenoxy) is 3. The summed E-state index contributed by atoms with van der Waals surface area (Å²) >= 11 is 0. The molecule has 0 bridgehead atoms. The van der Waals surface area contributed by atoms with E-state index in [0.29, 0.717) is 83.3 Å². The number of carboxylic acid groups (broad SMARTS) is 1. The maximum atomic E-state index is 13.7. The van der Waals surface area contributed by atoms with E-state index in [-0.39, 0.29) is 18.8 Å². The molecule has 6 heterocycles. The van der Waals surface area contributed by atoms with Crippen LogP contribution in [-0.4, -0.2) is 109 Å². The smallest absolute Gasteiger partial charge is 0.415 e. The number of hydrogen-bond donors (Lipinski definition) is 2. The van der Waals surface area contributed by atoms with Crippen LogP contribution in [-0.2, 0) is 9.53 Å². The van der Waals surface area contributed by atoms with Crippen molar-refractivity contribution in [3.63, 3.8) is 0 Å². The Kier molecular flexibility index (Phi) is 8.47. The average Bonchev–Trinajstić information content (AvgIpc) is 3.84. The van der Waals surface area contributed by atoms with Crippen LogP contribution in [0.3, 0.4) is 0 Å². The molecule has 1 atom stereocenters. The first-order chi connectivity index (χ1) is 24.0. The van der Waals surface area contributed by atoms with Gasteiger partial charge in [-0.3, -0.25) is 19.5 Å². The number of aromatic nitrogens is 6. The van der Waals surface area contributed by atoms with Crippen LogP contribution in [0, 0.1) is 5.92 Å². The molecule has 50 heavy (non-hydrogen) atoms. The third kappa shape index (κ3) is 6.24. The minimum absolute atomic E-state index is 0.137. The molecular weight excluding hydrogens is 646 g/mol. The highest BCUT2D eigenvalue weighted by molar-refractivity contribution is 6.06. The van der Waals surface area contributed by atoms with Crippen LogP contribution in [0.1, 0.15) is 37.7 Å². The Bertz CT molecular complexity index is 2120. The number of nitrogens with one attached hydrogen (secondary N) is 1. The number of nitrogens with zero attached hydrogens (tertiary/aromatic N) is 8. The lowest BCUT2D eigenvalue weighted by Gasteiger charge is -2.32. The number of likely N-dealkylation sites (tertiary alicyclic amines) is 1. The first-order valence-corrected chi connectivity index (χ1v) is 16.3. The van der Waals surface area contributed by atoms with Gasteiger partial charge in [-0.15, -0.1) is 0 Å². The van der Waals surface area contributed by atoms with Crippen molar-refractivity contribution in [3.05, 3.63) is 54.7 Å². The van der Waals surface area contributed by atoms with Crippen LogP contribution in [0.15, 0.2) is 49.1 Å². The minimum atomic E-state index is -0.805. The lowest BCUT2D eigenvalue weighted by atomic mass is 10.1. The number of pyridine rings is 1. The summed E-state index contributed by atoms with van der Waals surface area (Å²) in [6, 6.07) is 7.01. The Labute approximate surface area is 286 Å². The highest BCUT2D eigenvalue weighted by Crippen LogP contribution is 2.41. The molecule has 0 unspecified atom stereocenters. The summed E-state index contributed by atoms with van der Waals surface area (Å²) in [5.74, 6) is -0.836. The van der Waals surface area contributed by atoms with E-state index >= 15 is 0 Å². The fraction of sp³-hybridized carbons (Fsp3) is 0.382. The second-order valence-electron chi connectivity index (χ2n) is 13.1. The van der Waals surface area contributed by atoms with E-state index in [1.807, 2.05) is 11.0 Å². The Hall–Kier alpha value is -5.77. The lowest BCUT2D eigenvalue weighted by Crippen LogP contribution is -2.41. The molecule has 0 saturated carbocycles. The summed E-state index contributed by atoms with van der Waals surface area (Å²) in [4.78, 5) is 50.9. The van der Waals surface area contributed by atoms with E-state index in [1.54, 1.807) is 73.0 Å². The summed E-state index contributed by atoms with van der Waals surface area (Å²) in [7, 11) is 1.51. The predicted molar refractivity (Wildman–Crippen MR) is 181 cm³/mol. The zero-order chi connectivity index (χ0) is 35.2. The first-order valence-electron chi connectivity index (χ1n) is 16.3. The molecule has 1 fully saturated rings. The number of benzene rings is 1. The van der Waals surface area contributed by atoms with Gasteiger partial charge in [0, 0.05) is 50.4 Å². The first kappa shape index (κ1) is 32.8. The molecular formula is C34H37N9O7. The second-order valence-corrected chi connectivity index (χ2v) is 13.1. The SMILES string of the molecule is COc1cc2c(cc1-n1nc(C(=O)NCCN3CC[C@@H](C(=O)O)C3)c3cnc(-c4cnn5cccnc45)cc31)OCCN2C(=O)OC(C)(C)C. The van der Waals surface area contributed by atoms with E-state index in [4.69, 9.17) is 19.3 Å². The molecule has 2 aliphatic heterocycles. The van der Waals surface area contributed by atoms with Crippen molar-refractivity contribution in [2.24, 2.45) is 5.92 Å². The topological polar surface area (TPSA) is 179 Å². The third-order valence-electron chi connectivity index (χ3n) is 8.64. The zero-order valence-corrected chi connectivity index (χ0v) is 28.1. The molecule has 0 aliphatic carbocycles. The van der Waals surface area contributed by atoms with Gasteiger partial charge in [0.15, 0.2) is 11.3 Å². The average molecular weight is 684 g/mol. The van der Waals surface area contributed by atoms with Gasteiger partial charge in [0.1, 0.15) is 29.4 Å². The normalized spacial score (nSPS) is 16.3. The molecule has 260 valence electrons. The highest BCUT2D eigenvalue weighted by Gasteiger charge is 2.32. The molecule has 1 aromatic carbocycles. The fourth-order valence-electron chi connectivity index (χ4n) is 6.23. The lowest BCUT2D eigenvalue weighted by molar-refractivity contribution is -0.141. The van der Waals surface area contributed by atoms with Crippen molar-refractivity contribution in [1.82, 2.24) is 39.6 Å². The standard InChI is InChI=1S/C34H37N9O7/c1-34(2,3)50-33(47)41-12-13-49-28-16-26(27(48-4)15-25(28)41)43-24-14-23(21-18-38-42-9-5-7-35-30(21)42)37-17-22(24)29(39-43)31(44)36-8-11-40-10-6-20(19-40)32(45)46/h5,7,9,14-18,20H,6,8,10-13,19H2,1-4H3,(H,36,44)(H,45,46)/t20-/m1/s1. The van der Waals surface area contributed by atoms with Crippen molar-refractivity contribution in [2.45, 2.75) is 32.8 Å². The summed E-state index contributed by atoms with van der Waals surface area (Å²) in [6.45, 7) is 7.85. The molecule has 0 radical (unpaired) electrons. The van der Waals surface area contributed by atoms with Crippen LogP contribution >= 0.6 is 0 Å². The Balaban J connectivity index is 1.28. The maximum Gasteiger partial charge on any atom is 0.415 e. The zero-order valence-electron chi connectivity index (χ0n) is 28.1. The van der Waals surface area contributed by atoms with Gasteiger partial charge in [0.25, 0.3) is 5.91 Å². The van der Waals surface area contributed by atoms with Gasteiger partial charge >= 0.3 is 12.1 Å². The number of hydrogen-bond acceptors (Lipinski definition) is 11. The molecule has 0 spiro atoms. The number of methoxy groups -OCH3 is 1. The van der Waals surface area contributed by atoms with Crippen molar-refractivity contribution >= 4 is 40.2 Å². The predicted octanol–water partition coefficient (Wildman–Crippen LogP) is 3.41. The van der Waals surface area contributed by atoms with Crippen LogP contribution in [0.5, 0.6) is 11.5 Å². The monoisotopic (exact) mass is 683 g/mol. The van der Waals surface area contributed by atoms with Gasteiger partial charge in [0.2, 0.25) is 0 Å².